The molecule has 0 spiro atoms. The van der Waals surface area contributed by atoms with E-state index < -0.39 is 10.0 Å². The van der Waals surface area contributed by atoms with Crippen molar-refractivity contribution in [3.63, 3.8) is 0 Å². The van der Waals surface area contributed by atoms with E-state index in [0.717, 1.165) is 0 Å². The third kappa shape index (κ3) is 1.86. The van der Waals surface area contributed by atoms with Crippen LogP contribution in [0.4, 0.5) is 5.69 Å². The fraction of sp³-hybridized carbons (Fsp3) is 0.222. The van der Waals surface area contributed by atoms with Crippen molar-refractivity contribution in [1.82, 2.24) is 0 Å². The molecule has 3 N–H and O–H groups in total. The fourth-order valence-corrected chi connectivity index (χ4v) is 2.30. The Labute approximate surface area is 92.4 Å². The Hall–Kier alpha value is -1.60. The molecule has 1 aromatic carbocycles. The van der Waals surface area contributed by atoms with Crippen molar-refractivity contribution in [1.29, 1.82) is 0 Å². The number of sulfonamides is 1. The van der Waals surface area contributed by atoms with Crippen LogP contribution in [0.5, 0.6) is 5.75 Å². The molecular formula is C9H10N2O4S. The maximum atomic E-state index is 11.2. The van der Waals surface area contributed by atoms with Crippen molar-refractivity contribution in [2.75, 3.05) is 11.9 Å². The van der Waals surface area contributed by atoms with Gasteiger partial charge in [0.2, 0.25) is 10.0 Å². The fourth-order valence-electron chi connectivity index (χ4n) is 1.51. The van der Waals surface area contributed by atoms with Gasteiger partial charge in [0.05, 0.1) is 10.6 Å². The van der Waals surface area contributed by atoms with Crippen molar-refractivity contribution in [3.05, 3.63) is 17.7 Å². The number of hydrogen-bond donors (Lipinski definition) is 2. The van der Waals surface area contributed by atoms with E-state index in [9.17, 15) is 13.2 Å². The first-order valence-corrected chi connectivity index (χ1v) is 6.02. The molecule has 86 valence electrons. The van der Waals surface area contributed by atoms with Crippen molar-refractivity contribution >= 4 is 21.6 Å². The molecule has 0 aliphatic carbocycles. The van der Waals surface area contributed by atoms with Gasteiger partial charge in [0.15, 0.2) is 6.61 Å². The largest absolute Gasteiger partial charge is 0.482 e. The van der Waals surface area contributed by atoms with Crippen LogP contribution in [-0.2, 0) is 14.8 Å². The van der Waals surface area contributed by atoms with Gasteiger partial charge < -0.3 is 10.1 Å². The molecule has 2 rings (SSSR count). The standard InChI is InChI=1S/C9H10N2O4S/c1-5-2-7-6(11-9(12)4-15-7)3-8(5)16(10,13)14/h2-3H,4H2,1H3,(H,11,12)(H2,10,13,14). The second-order valence-electron chi connectivity index (χ2n) is 3.50. The van der Waals surface area contributed by atoms with Gasteiger partial charge in [0, 0.05) is 0 Å². The summed E-state index contributed by atoms with van der Waals surface area (Å²) in [6.07, 6.45) is 0. The van der Waals surface area contributed by atoms with Crippen LogP contribution < -0.4 is 15.2 Å². The van der Waals surface area contributed by atoms with Crippen LogP contribution in [-0.4, -0.2) is 20.9 Å². The molecule has 7 heteroatoms. The molecule has 6 nitrogen and oxygen atoms in total. The highest BCUT2D eigenvalue weighted by molar-refractivity contribution is 7.89. The molecule has 16 heavy (non-hydrogen) atoms. The normalized spacial score (nSPS) is 15.0. The van der Waals surface area contributed by atoms with Crippen molar-refractivity contribution in [2.45, 2.75) is 11.8 Å². The maximum absolute atomic E-state index is 11.2. The Morgan fingerprint density at radius 2 is 2.12 bits per heavy atom. The zero-order valence-electron chi connectivity index (χ0n) is 8.48. The van der Waals surface area contributed by atoms with Gasteiger partial charge in [-0.05, 0) is 24.6 Å². The number of nitrogens with two attached hydrogens (primary N) is 1. The number of benzene rings is 1. The molecule has 0 radical (unpaired) electrons. The van der Waals surface area contributed by atoms with Gasteiger partial charge in [-0.15, -0.1) is 0 Å². The van der Waals surface area contributed by atoms with Crippen molar-refractivity contribution in [3.8, 4) is 5.75 Å². The number of ether oxygens (including phenoxy) is 1. The number of aryl methyl sites for hydroxylation is 1. The van der Waals surface area contributed by atoms with E-state index in [1.807, 2.05) is 0 Å². The van der Waals surface area contributed by atoms with Crippen LogP contribution in [0.1, 0.15) is 5.56 Å². The average Bonchev–Trinajstić information content (AvgIpc) is 2.16. The molecule has 1 aliphatic rings. The molecule has 0 bridgehead atoms. The summed E-state index contributed by atoms with van der Waals surface area (Å²) in [6, 6.07) is 2.84. The zero-order chi connectivity index (χ0) is 11.9. The lowest BCUT2D eigenvalue weighted by atomic mass is 10.2. The minimum absolute atomic E-state index is 0.0166. The van der Waals surface area contributed by atoms with Crippen molar-refractivity contribution in [2.24, 2.45) is 5.14 Å². The zero-order valence-corrected chi connectivity index (χ0v) is 9.30. The Balaban J connectivity index is 2.60. The summed E-state index contributed by atoms with van der Waals surface area (Å²) in [5.41, 5.74) is 0.809. The average molecular weight is 242 g/mol. The number of hydrogen-bond acceptors (Lipinski definition) is 4. The van der Waals surface area contributed by atoms with Gasteiger partial charge in [-0.2, -0.15) is 0 Å². The number of fused-ring (bicyclic) bond motifs is 1. The number of carbonyl (C=O) groups excluding carboxylic acids is 1. The lowest BCUT2D eigenvalue weighted by Crippen LogP contribution is -2.26. The molecule has 0 atom stereocenters. The number of rotatable bonds is 1. The first kappa shape index (κ1) is 10.9. The lowest BCUT2D eigenvalue weighted by Gasteiger charge is -2.19. The number of carbonyl (C=O) groups is 1. The molecule has 0 aromatic heterocycles. The highest BCUT2D eigenvalue weighted by Crippen LogP contribution is 2.32. The first-order chi connectivity index (χ1) is 7.38. The number of nitrogens with one attached hydrogen (secondary N) is 1. The van der Waals surface area contributed by atoms with Crippen LogP contribution in [0.3, 0.4) is 0 Å². The maximum Gasteiger partial charge on any atom is 0.262 e. The Bertz CT molecular complexity index is 565. The van der Waals surface area contributed by atoms with E-state index in [-0.39, 0.29) is 17.4 Å². The van der Waals surface area contributed by atoms with Crippen LogP contribution in [0.25, 0.3) is 0 Å². The van der Waals surface area contributed by atoms with Gasteiger partial charge in [0.25, 0.3) is 5.91 Å². The smallest absolute Gasteiger partial charge is 0.262 e. The van der Waals surface area contributed by atoms with Gasteiger partial charge in [0.1, 0.15) is 5.75 Å². The lowest BCUT2D eigenvalue weighted by molar-refractivity contribution is -0.118. The van der Waals surface area contributed by atoms with E-state index in [4.69, 9.17) is 9.88 Å². The first-order valence-electron chi connectivity index (χ1n) is 4.48. The van der Waals surface area contributed by atoms with E-state index in [1.54, 1.807) is 6.92 Å². The number of amides is 1. The Kier molecular flexibility index (Phi) is 2.36. The Morgan fingerprint density at radius 1 is 1.44 bits per heavy atom. The van der Waals surface area contributed by atoms with E-state index in [0.29, 0.717) is 17.0 Å². The summed E-state index contributed by atoms with van der Waals surface area (Å²) >= 11 is 0. The molecular weight excluding hydrogens is 232 g/mol. The summed E-state index contributed by atoms with van der Waals surface area (Å²) in [4.78, 5) is 11.0. The monoisotopic (exact) mass is 242 g/mol. The molecule has 0 saturated heterocycles. The van der Waals surface area contributed by atoms with Gasteiger partial charge in [-0.25, -0.2) is 13.6 Å². The van der Waals surface area contributed by atoms with Gasteiger partial charge in [-0.1, -0.05) is 0 Å². The highest BCUT2D eigenvalue weighted by Gasteiger charge is 2.21. The van der Waals surface area contributed by atoms with Gasteiger partial charge in [-0.3, -0.25) is 4.79 Å². The molecule has 0 unspecified atom stereocenters. The van der Waals surface area contributed by atoms with E-state index in [1.165, 1.54) is 12.1 Å². The second kappa shape index (κ2) is 3.46. The van der Waals surface area contributed by atoms with Crippen LogP contribution in [0.2, 0.25) is 0 Å². The molecule has 1 aliphatic heterocycles. The molecule has 0 fully saturated rings. The minimum atomic E-state index is -3.79. The summed E-state index contributed by atoms with van der Waals surface area (Å²) in [5.74, 6) is 0.126. The molecule has 1 aromatic rings. The highest BCUT2D eigenvalue weighted by atomic mass is 32.2. The third-order valence-electron chi connectivity index (χ3n) is 2.22. The predicted octanol–water partition coefficient (Wildman–Crippen LogP) is -0.0267. The summed E-state index contributed by atoms with van der Waals surface area (Å²) in [7, 11) is -3.79. The SMILES string of the molecule is Cc1cc2c(cc1S(N)(=O)=O)NC(=O)CO2. The summed E-state index contributed by atoms with van der Waals surface area (Å²) in [5, 5.41) is 7.56. The van der Waals surface area contributed by atoms with E-state index in [2.05, 4.69) is 5.32 Å². The van der Waals surface area contributed by atoms with Crippen LogP contribution in [0, 0.1) is 6.92 Å². The second-order valence-corrected chi connectivity index (χ2v) is 5.03. The molecule has 1 amide bonds. The number of anilines is 1. The van der Waals surface area contributed by atoms with Crippen molar-refractivity contribution < 1.29 is 17.9 Å². The van der Waals surface area contributed by atoms with Crippen LogP contribution >= 0.6 is 0 Å². The minimum Gasteiger partial charge on any atom is -0.482 e. The predicted molar refractivity (Wildman–Crippen MR) is 56.7 cm³/mol. The summed E-state index contributed by atoms with van der Waals surface area (Å²) in [6.45, 7) is 1.54. The van der Waals surface area contributed by atoms with E-state index >= 15 is 0 Å². The Morgan fingerprint density at radius 3 is 2.75 bits per heavy atom. The molecule has 0 saturated carbocycles. The number of primary sulfonamides is 1. The third-order valence-corrected chi connectivity index (χ3v) is 3.27. The van der Waals surface area contributed by atoms with Gasteiger partial charge >= 0.3 is 0 Å². The quantitative estimate of drug-likeness (QED) is 0.722. The van der Waals surface area contributed by atoms with Crippen LogP contribution in [0.15, 0.2) is 17.0 Å². The molecule has 1 heterocycles. The topological polar surface area (TPSA) is 98.5 Å². The summed E-state index contributed by atoms with van der Waals surface area (Å²) < 4.78 is 27.6.